The Hall–Kier alpha value is -3.17. The number of nitrogens with zero attached hydrogens (tertiary/aromatic N) is 4. The molecule has 1 aliphatic rings. The normalized spacial score (nSPS) is 17.0. The molecule has 1 saturated heterocycles. The van der Waals surface area contributed by atoms with Gasteiger partial charge in [0.15, 0.2) is 0 Å². The number of hydrogen-bond donors (Lipinski definition) is 1. The van der Waals surface area contributed by atoms with Crippen molar-refractivity contribution in [2.24, 2.45) is 0 Å². The van der Waals surface area contributed by atoms with Crippen molar-refractivity contribution in [2.75, 3.05) is 12.3 Å². The van der Waals surface area contributed by atoms with Crippen molar-refractivity contribution in [3.8, 4) is 0 Å². The van der Waals surface area contributed by atoms with E-state index in [0.29, 0.717) is 18.5 Å². The molecular formula is C14H15N5O5. The maximum atomic E-state index is 12.3. The topological polar surface area (TPSA) is 138 Å². The van der Waals surface area contributed by atoms with Gasteiger partial charge in [0, 0.05) is 18.7 Å². The van der Waals surface area contributed by atoms with Crippen molar-refractivity contribution in [3.05, 3.63) is 45.8 Å². The molecule has 1 aromatic heterocycles. The summed E-state index contributed by atoms with van der Waals surface area (Å²) in [5.41, 5.74) is 6.08. The van der Waals surface area contributed by atoms with Crippen LogP contribution in [0, 0.1) is 10.1 Å². The van der Waals surface area contributed by atoms with Gasteiger partial charge in [-0.15, -0.1) is 0 Å². The van der Waals surface area contributed by atoms with Crippen LogP contribution in [-0.4, -0.2) is 32.6 Å². The van der Waals surface area contributed by atoms with Crippen LogP contribution in [0.3, 0.4) is 0 Å². The summed E-state index contributed by atoms with van der Waals surface area (Å²) in [6, 6.07) is 5.47. The van der Waals surface area contributed by atoms with Gasteiger partial charge in [0.25, 0.3) is 17.5 Å². The second-order valence-corrected chi connectivity index (χ2v) is 5.32. The largest absolute Gasteiger partial charge is 0.445 e. The number of nitrogens with two attached hydrogens (primary N) is 1. The molecule has 1 atom stereocenters. The fourth-order valence-electron chi connectivity index (χ4n) is 2.57. The van der Waals surface area contributed by atoms with Crippen LogP contribution >= 0.6 is 0 Å². The van der Waals surface area contributed by atoms with Crippen molar-refractivity contribution in [3.63, 3.8) is 0 Å². The van der Waals surface area contributed by atoms with Crippen molar-refractivity contribution in [1.82, 2.24) is 15.0 Å². The van der Waals surface area contributed by atoms with Crippen LogP contribution in [-0.2, 0) is 11.3 Å². The molecule has 2 heterocycles. The highest BCUT2D eigenvalue weighted by atomic mass is 16.6. The van der Waals surface area contributed by atoms with Gasteiger partial charge >= 0.3 is 6.09 Å². The van der Waals surface area contributed by atoms with E-state index in [1.807, 2.05) is 0 Å². The van der Waals surface area contributed by atoms with Gasteiger partial charge in [-0.1, -0.05) is 0 Å². The van der Waals surface area contributed by atoms with E-state index < -0.39 is 11.0 Å². The van der Waals surface area contributed by atoms with Gasteiger partial charge in [-0.05, 0) is 35.7 Å². The highest BCUT2D eigenvalue weighted by molar-refractivity contribution is 5.68. The van der Waals surface area contributed by atoms with Crippen LogP contribution in [0.4, 0.5) is 16.4 Å². The number of hydrogen-bond acceptors (Lipinski definition) is 8. The zero-order chi connectivity index (χ0) is 17.1. The first-order chi connectivity index (χ1) is 11.5. The summed E-state index contributed by atoms with van der Waals surface area (Å²) in [5.74, 6) is 0.313. The van der Waals surface area contributed by atoms with E-state index in [0.717, 1.165) is 6.42 Å². The first-order valence-electron chi connectivity index (χ1n) is 7.30. The lowest BCUT2D eigenvalue weighted by atomic mass is 10.2. The number of likely N-dealkylation sites (tertiary alicyclic amines) is 1. The minimum Gasteiger partial charge on any atom is -0.445 e. The Morgan fingerprint density at radius 2 is 2.21 bits per heavy atom. The minimum atomic E-state index is -0.507. The third kappa shape index (κ3) is 3.26. The molecule has 24 heavy (non-hydrogen) atoms. The first-order valence-corrected chi connectivity index (χ1v) is 7.30. The fourth-order valence-corrected chi connectivity index (χ4v) is 2.57. The number of carbonyl (C=O) groups excluding carboxylic acids is 1. The Bertz CT molecular complexity index is 744. The van der Waals surface area contributed by atoms with Gasteiger partial charge in [-0.25, -0.2) is 4.79 Å². The lowest BCUT2D eigenvalue weighted by Crippen LogP contribution is -2.31. The van der Waals surface area contributed by atoms with Crippen LogP contribution in [0.25, 0.3) is 0 Å². The number of non-ortho nitro benzene ring substituents is 1. The van der Waals surface area contributed by atoms with Crippen molar-refractivity contribution in [2.45, 2.75) is 25.5 Å². The number of amides is 1. The zero-order valence-electron chi connectivity index (χ0n) is 12.6. The van der Waals surface area contributed by atoms with Gasteiger partial charge < -0.3 is 15.0 Å². The maximum absolute atomic E-state index is 12.3. The molecular weight excluding hydrogens is 318 g/mol. The number of rotatable bonds is 4. The molecule has 10 heteroatoms. The summed E-state index contributed by atoms with van der Waals surface area (Å²) in [5, 5.41) is 14.1. The van der Waals surface area contributed by atoms with E-state index in [2.05, 4.69) is 10.1 Å². The molecule has 0 spiro atoms. The second-order valence-electron chi connectivity index (χ2n) is 5.32. The summed E-state index contributed by atoms with van der Waals surface area (Å²) in [6.07, 6.45) is 0.973. The molecule has 126 valence electrons. The van der Waals surface area contributed by atoms with Crippen LogP contribution in [0.15, 0.2) is 28.8 Å². The number of nitrogen functional groups attached to an aromatic ring is 1. The summed E-state index contributed by atoms with van der Waals surface area (Å²) >= 11 is 0. The lowest BCUT2D eigenvalue weighted by molar-refractivity contribution is -0.384. The number of benzene rings is 1. The molecule has 10 nitrogen and oxygen atoms in total. The molecule has 1 aliphatic heterocycles. The molecule has 2 aromatic rings. The quantitative estimate of drug-likeness (QED) is 0.662. The number of carbonyl (C=O) groups is 1. The lowest BCUT2D eigenvalue weighted by Gasteiger charge is -2.21. The average Bonchev–Trinajstić information content (AvgIpc) is 3.21. The Balaban J connectivity index is 1.60. The Labute approximate surface area is 136 Å². The summed E-state index contributed by atoms with van der Waals surface area (Å²) in [4.78, 5) is 27.9. The third-order valence-electron chi connectivity index (χ3n) is 3.74. The molecule has 0 saturated carbocycles. The smallest absolute Gasteiger partial charge is 0.410 e. The molecule has 1 fully saturated rings. The van der Waals surface area contributed by atoms with E-state index in [1.165, 1.54) is 17.0 Å². The number of nitro benzene ring substituents is 1. The Morgan fingerprint density at radius 3 is 2.83 bits per heavy atom. The van der Waals surface area contributed by atoms with Crippen LogP contribution < -0.4 is 5.73 Å². The first kappa shape index (κ1) is 15.7. The molecule has 0 bridgehead atoms. The molecule has 1 aromatic carbocycles. The predicted octanol–water partition coefficient (Wildman–Crippen LogP) is 2.03. The van der Waals surface area contributed by atoms with Crippen LogP contribution in [0.5, 0.6) is 0 Å². The summed E-state index contributed by atoms with van der Waals surface area (Å²) < 4.78 is 10.3. The van der Waals surface area contributed by atoms with Crippen molar-refractivity contribution in [1.29, 1.82) is 0 Å². The maximum Gasteiger partial charge on any atom is 0.410 e. The van der Waals surface area contributed by atoms with Gasteiger partial charge in [-0.2, -0.15) is 4.98 Å². The van der Waals surface area contributed by atoms with E-state index >= 15 is 0 Å². The highest BCUT2D eigenvalue weighted by Crippen LogP contribution is 2.31. The Kier molecular flexibility index (Phi) is 4.27. The number of nitro groups is 1. The Morgan fingerprint density at radius 1 is 1.46 bits per heavy atom. The van der Waals surface area contributed by atoms with Gasteiger partial charge in [0.05, 0.1) is 4.92 Å². The van der Waals surface area contributed by atoms with Crippen LogP contribution in [0.1, 0.15) is 30.3 Å². The van der Waals surface area contributed by atoms with Gasteiger partial charge in [0.2, 0.25) is 0 Å². The SMILES string of the molecule is Nc1noc(C2CCCN2C(=O)OCc2ccc([N+](=O)[O-])cc2)n1. The standard InChI is InChI=1S/C14H15N5O5/c15-13-16-12(24-17-13)11-2-1-7-18(11)14(20)23-8-9-3-5-10(6-4-9)19(21)22/h3-6,11H,1-2,7-8H2,(H2,15,17). The molecule has 1 unspecified atom stereocenters. The molecule has 3 rings (SSSR count). The van der Waals surface area contributed by atoms with E-state index in [4.69, 9.17) is 15.0 Å². The zero-order valence-corrected chi connectivity index (χ0v) is 12.6. The van der Waals surface area contributed by atoms with Gasteiger partial charge in [0.1, 0.15) is 12.6 Å². The average molecular weight is 333 g/mol. The highest BCUT2D eigenvalue weighted by Gasteiger charge is 2.35. The second kappa shape index (κ2) is 6.52. The number of anilines is 1. The number of ether oxygens (including phenoxy) is 1. The fraction of sp³-hybridized carbons (Fsp3) is 0.357. The molecule has 1 amide bonds. The van der Waals surface area contributed by atoms with E-state index in [1.54, 1.807) is 12.1 Å². The van der Waals surface area contributed by atoms with Crippen LogP contribution in [0.2, 0.25) is 0 Å². The number of aromatic nitrogens is 2. The van der Waals surface area contributed by atoms with E-state index in [-0.39, 0.29) is 30.2 Å². The van der Waals surface area contributed by atoms with Gasteiger partial charge in [-0.3, -0.25) is 15.0 Å². The summed E-state index contributed by atoms with van der Waals surface area (Å²) in [7, 11) is 0. The third-order valence-corrected chi connectivity index (χ3v) is 3.74. The monoisotopic (exact) mass is 333 g/mol. The predicted molar refractivity (Wildman–Crippen MR) is 80.7 cm³/mol. The summed E-state index contributed by atoms with van der Waals surface area (Å²) in [6.45, 7) is 0.540. The molecule has 0 aliphatic carbocycles. The molecule has 2 N–H and O–H groups in total. The van der Waals surface area contributed by atoms with Crippen molar-refractivity contribution < 1.29 is 19.0 Å². The van der Waals surface area contributed by atoms with Crippen molar-refractivity contribution >= 4 is 17.7 Å². The van der Waals surface area contributed by atoms with E-state index in [9.17, 15) is 14.9 Å². The molecule has 0 radical (unpaired) electrons. The minimum absolute atomic E-state index is 0.0151.